The molecule has 0 aliphatic carbocycles. The number of nitrogens with one attached hydrogen (secondary N) is 1. The third kappa shape index (κ3) is 7.97. The number of aliphatic hydroxyl groups is 1. The molecular formula is C21H23Cl2NO2S. The quantitative estimate of drug-likeness (QED) is 0.373. The normalized spacial score (nSPS) is 11.1. The summed E-state index contributed by atoms with van der Waals surface area (Å²) in [5.74, 6) is -0.110. The number of benzene rings is 2. The van der Waals surface area contributed by atoms with E-state index in [1.807, 2.05) is 42.5 Å². The summed E-state index contributed by atoms with van der Waals surface area (Å²) in [4.78, 5) is 13.9. The molecule has 2 aromatic rings. The highest BCUT2D eigenvalue weighted by Crippen LogP contribution is 2.36. The first-order valence-corrected chi connectivity index (χ1v) is 10.5. The molecule has 0 radical (unpaired) electrons. The summed E-state index contributed by atoms with van der Waals surface area (Å²) in [6.45, 7) is 0.874. The second kappa shape index (κ2) is 12.1. The fourth-order valence-corrected chi connectivity index (χ4v) is 3.87. The van der Waals surface area contributed by atoms with Gasteiger partial charge in [0.25, 0.3) is 0 Å². The summed E-state index contributed by atoms with van der Waals surface area (Å²) in [5, 5.41) is 12.8. The summed E-state index contributed by atoms with van der Waals surface area (Å²) in [5.41, 5.74) is 0.951. The van der Waals surface area contributed by atoms with Crippen LogP contribution in [0.4, 0.5) is 0 Å². The Bertz CT molecular complexity index is 781. The van der Waals surface area contributed by atoms with Crippen LogP contribution in [-0.2, 0) is 4.79 Å². The van der Waals surface area contributed by atoms with Crippen molar-refractivity contribution in [3.63, 3.8) is 0 Å². The molecule has 0 aliphatic heterocycles. The van der Waals surface area contributed by atoms with Gasteiger partial charge in [-0.25, -0.2) is 0 Å². The van der Waals surface area contributed by atoms with Crippen molar-refractivity contribution in [2.45, 2.75) is 35.5 Å². The van der Waals surface area contributed by atoms with Crippen LogP contribution in [0.15, 0.2) is 58.3 Å². The zero-order chi connectivity index (χ0) is 19.5. The molecule has 0 atom stereocenters. The molecule has 2 aromatic carbocycles. The lowest BCUT2D eigenvalue weighted by Crippen LogP contribution is -2.21. The average molecular weight is 424 g/mol. The molecule has 0 saturated heterocycles. The second-order valence-corrected chi connectivity index (χ2v) is 7.90. The summed E-state index contributed by atoms with van der Waals surface area (Å²) >= 11 is 13.7. The zero-order valence-corrected chi connectivity index (χ0v) is 17.3. The van der Waals surface area contributed by atoms with Gasteiger partial charge in [0.05, 0.1) is 5.02 Å². The van der Waals surface area contributed by atoms with Gasteiger partial charge in [0.2, 0.25) is 5.91 Å². The Hall–Kier alpha value is -1.46. The van der Waals surface area contributed by atoms with Crippen molar-refractivity contribution in [3.05, 3.63) is 64.1 Å². The van der Waals surface area contributed by atoms with Crippen LogP contribution >= 0.6 is 35.0 Å². The molecule has 0 aliphatic rings. The minimum Gasteiger partial charge on any atom is -0.396 e. The minimum absolute atomic E-state index is 0.110. The summed E-state index contributed by atoms with van der Waals surface area (Å²) in [6.07, 6.45) is 7.09. The van der Waals surface area contributed by atoms with Gasteiger partial charge >= 0.3 is 0 Å². The van der Waals surface area contributed by atoms with E-state index in [9.17, 15) is 4.79 Å². The third-order valence-electron chi connectivity index (χ3n) is 3.83. The molecule has 0 fully saturated rings. The Kier molecular flexibility index (Phi) is 9.78. The number of rotatable bonds is 10. The molecule has 0 aromatic heterocycles. The highest BCUT2D eigenvalue weighted by Gasteiger charge is 2.06. The predicted molar refractivity (Wildman–Crippen MR) is 115 cm³/mol. The standard InChI is InChI=1S/C21H23Cl2NO2S/c22-17-10-11-20(18(23)15-17)27-19-8-4-3-7-16(19)9-12-21(26)24-13-5-1-2-6-14-25/h3-4,7-12,15,25H,1-2,5-6,13-14H2,(H,24,26)/b12-9+. The van der Waals surface area contributed by atoms with Crippen LogP contribution < -0.4 is 5.32 Å². The van der Waals surface area contributed by atoms with Gasteiger partial charge in [-0.3, -0.25) is 4.79 Å². The Balaban J connectivity index is 1.92. The SMILES string of the molecule is O=C(/C=C/c1ccccc1Sc1ccc(Cl)cc1Cl)NCCCCCCO. The average Bonchev–Trinajstić information content (AvgIpc) is 2.66. The van der Waals surface area contributed by atoms with Gasteiger partial charge < -0.3 is 10.4 Å². The van der Waals surface area contributed by atoms with E-state index in [-0.39, 0.29) is 12.5 Å². The Labute approximate surface area is 174 Å². The van der Waals surface area contributed by atoms with E-state index < -0.39 is 0 Å². The van der Waals surface area contributed by atoms with Gasteiger partial charge in [0.1, 0.15) is 0 Å². The first-order chi connectivity index (χ1) is 13.1. The number of unbranched alkanes of at least 4 members (excludes halogenated alkanes) is 3. The van der Waals surface area contributed by atoms with E-state index in [2.05, 4.69) is 5.32 Å². The lowest BCUT2D eigenvalue weighted by atomic mass is 10.2. The number of carbonyl (C=O) groups is 1. The van der Waals surface area contributed by atoms with Crippen molar-refractivity contribution >= 4 is 46.9 Å². The van der Waals surface area contributed by atoms with Crippen molar-refractivity contribution < 1.29 is 9.90 Å². The number of hydrogen-bond donors (Lipinski definition) is 2. The van der Waals surface area contributed by atoms with E-state index in [1.54, 1.807) is 12.1 Å². The number of carbonyl (C=O) groups excluding carboxylic acids is 1. The molecule has 3 nitrogen and oxygen atoms in total. The molecule has 144 valence electrons. The van der Waals surface area contributed by atoms with Crippen molar-refractivity contribution in [1.29, 1.82) is 0 Å². The van der Waals surface area contributed by atoms with E-state index in [1.165, 1.54) is 11.8 Å². The molecule has 0 heterocycles. The van der Waals surface area contributed by atoms with Gasteiger partial charge in [-0.1, -0.05) is 66.0 Å². The largest absolute Gasteiger partial charge is 0.396 e. The lowest BCUT2D eigenvalue weighted by molar-refractivity contribution is -0.116. The number of halogens is 2. The monoisotopic (exact) mass is 423 g/mol. The molecule has 0 spiro atoms. The molecule has 0 bridgehead atoms. The summed E-state index contributed by atoms with van der Waals surface area (Å²) in [7, 11) is 0. The molecule has 0 unspecified atom stereocenters. The van der Waals surface area contributed by atoms with Crippen LogP contribution in [0.2, 0.25) is 10.0 Å². The minimum atomic E-state index is -0.110. The molecule has 1 amide bonds. The molecule has 27 heavy (non-hydrogen) atoms. The first-order valence-electron chi connectivity index (χ1n) is 8.89. The molecule has 0 saturated carbocycles. The highest BCUT2D eigenvalue weighted by molar-refractivity contribution is 7.99. The maximum Gasteiger partial charge on any atom is 0.243 e. The van der Waals surface area contributed by atoms with Crippen LogP contribution in [0.3, 0.4) is 0 Å². The molecular weight excluding hydrogens is 401 g/mol. The van der Waals surface area contributed by atoms with E-state index in [0.717, 1.165) is 41.0 Å². The molecule has 2 rings (SSSR count). The smallest absolute Gasteiger partial charge is 0.243 e. The van der Waals surface area contributed by atoms with Crippen LogP contribution in [-0.4, -0.2) is 24.2 Å². The van der Waals surface area contributed by atoms with E-state index in [0.29, 0.717) is 16.6 Å². The third-order valence-corrected chi connectivity index (χ3v) is 5.66. The fraction of sp³-hybridized carbons (Fsp3) is 0.286. The van der Waals surface area contributed by atoms with Crippen LogP contribution in [0.5, 0.6) is 0 Å². The van der Waals surface area contributed by atoms with Gasteiger partial charge in [-0.15, -0.1) is 0 Å². The first kappa shape index (κ1) is 21.8. The van der Waals surface area contributed by atoms with Gasteiger partial charge in [0.15, 0.2) is 0 Å². The van der Waals surface area contributed by atoms with Crippen molar-refractivity contribution in [2.24, 2.45) is 0 Å². The molecule has 6 heteroatoms. The van der Waals surface area contributed by atoms with E-state index >= 15 is 0 Å². The molecule has 2 N–H and O–H groups in total. The number of aliphatic hydroxyl groups excluding tert-OH is 1. The Morgan fingerprint density at radius 1 is 1.04 bits per heavy atom. The number of amides is 1. The lowest BCUT2D eigenvalue weighted by Gasteiger charge is -2.08. The van der Waals surface area contributed by atoms with Crippen molar-refractivity contribution in [2.75, 3.05) is 13.2 Å². The summed E-state index contributed by atoms with van der Waals surface area (Å²) in [6, 6.07) is 13.3. The van der Waals surface area contributed by atoms with Gasteiger partial charge in [0, 0.05) is 34.0 Å². The van der Waals surface area contributed by atoms with Crippen LogP contribution in [0.25, 0.3) is 6.08 Å². The van der Waals surface area contributed by atoms with Gasteiger partial charge in [-0.2, -0.15) is 0 Å². The maximum absolute atomic E-state index is 12.0. The second-order valence-electron chi connectivity index (χ2n) is 5.98. The number of hydrogen-bond acceptors (Lipinski definition) is 3. The van der Waals surface area contributed by atoms with Gasteiger partial charge in [-0.05, 0) is 48.7 Å². The van der Waals surface area contributed by atoms with Crippen LogP contribution in [0.1, 0.15) is 31.2 Å². The van der Waals surface area contributed by atoms with Crippen LogP contribution in [0, 0.1) is 0 Å². The Morgan fingerprint density at radius 3 is 2.59 bits per heavy atom. The fourth-order valence-electron chi connectivity index (χ4n) is 2.41. The topological polar surface area (TPSA) is 49.3 Å². The van der Waals surface area contributed by atoms with Crippen molar-refractivity contribution in [1.82, 2.24) is 5.32 Å². The van der Waals surface area contributed by atoms with Crippen molar-refractivity contribution in [3.8, 4) is 0 Å². The zero-order valence-electron chi connectivity index (χ0n) is 15.0. The highest BCUT2D eigenvalue weighted by atomic mass is 35.5. The Morgan fingerprint density at radius 2 is 1.81 bits per heavy atom. The van der Waals surface area contributed by atoms with E-state index in [4.69, 9.17) is 28.3 Å². The summed E-state index contributed by atoms with van der Waals surface area (Å²) < 4.78 is 0. The predicted octanol–water partition coefficient (Wildman–Crippen LogP) is 5.83. The maximum atomic E-state index is 12.0.